The molecule has 0 aromatic rings. The van der Waals surface area contributed by atoms with Crippen molar-refractivity contribution in [2.45, 2.75) is 38.8 Å². The smallest absolute Gasteiger partial charge is 0.239 e. The molecule has 0 radical (unpaired) electrons. The van der Waals surface area contributed by atoms with Gasteiger partial charge in [0.25, 0.3) is 0 Å². The van der Waals surface area contributed by atoms with Crippen LogP contribution < -0.4 is 5.73 Å². The number of nitrogens with zero attached hydrogens (tertiary/aromatic N) is 2. The molecule has 1 amide bonds. The van der Waals surface area contributed by atoms with Crippen molar-refractivity contribution in [1.29, 1.82) is 0 Å². The quantitative estimate of drug-likeness (QED) is 0.765. The van der Waals surface area contributed by atoms with Crippen molar-refractivity contribution in [1.82, 2.24) is 9.80 Å². The third-order valence-electron chi connectivity index (χ3n) is 3.66. The van der Waals surface area contributed by atoms with Gasteiger partial charge in [0.05, 0.1) is 6.04 Å². The van der Waals surface area contributed by atoms with E-state index in [1.54, 1.807) is 4.90 Å². The second-order valence-electron chi connectivity index (χ2n) is 5.13. The van der Waals surface area contributed by atoms with E-state index in [0.717, 1.165) is 19.5 Å². The molecule has 4 heteroatoms. The van der Waals surface area contributed by atoms with Gasteiger partial charge in [-0.3, -0.25) is 9.69 Å². The topological polar surface area (TPSA) is 49.6 Å². The molecule has 2 N–H and O–H groups in total. The number of amides is 1. The van der Waals surface area contributed by atoms with Crippen LogP contribution in [0.4, 0.5) is 0 Å². The molecule has 0 aromatic carbocycles. The predicted molar refractivity (Wildman–Crippen MR) is 66.1 cm³/mol. The average molecular weight is 227 g/mol. The predicted octanol–water partition coefficient (Wildman–Crippen LogP) is 0.522. The van der Waals surface area contributed by atoms with Crippen molar-refractivity contribution in [3.05, 3.63) is 0 Å². The van der Waals surface area contributed by atoms with Crippen LogP contribution in [0.2, 0.25) is 0 Å². The summed E-state index contributed by atoms with van der Waals surface area (Å²) in [5.74, 6) is 0.734. The summed E-state index contributed by atoms with van der Waals surface area (Å²) in [6.07, 6.45) is 2.34. The first kappa shape index (κ1) is 13.5. The second-order valence-corrected chi connectivity index (χ2v) is 5.13. The maximum atomic E-state index is 11.9. The molecule has 1 fully saturated rings. The molecular weight excluding hydrogens is 202 g/mol. The van der Waals surface area contributed by atoms with E-state index in [1.807, 2.05) is 21.0 Å². The number of hydrogen-bond donors (Lipinski definition) is 1. The normalized spacial score (nSPS) is 28.8. The summed E-state index contributed by atoms with van der Waals surface area (Å²) in [6.45, 7) is 5.88. The lowest BCUT2D eigenvalue weighted by Gasteiger charge is -2.41. The molecule has 1 heterocycles. The Bertz CT molecular complexity index is 242. The lowest BCUT2D eigenvalue weighted by molar-refractivity contribution is -0.135. The minimum absolute atomic E-state index is 0.0284. The van der Waals surface area contributed by atoms with Crippen molar-refractivity contribution in [3.8, 4) is 0 Å². The molecule has 94 valence electrons. The van der Waals surface area contributed by atoms with E-state index in [-0.39, 0.29) is 11.9 Å². The van der Waals surface area contributed by atoms with Crippen molar-refractivity contribution in [2.24, 2.45) is 11.7 Å². The summed E-state index contributed by atoms with van der Waals surface area (Å²) in [5.41, 5.74) is 5.72. The van der Waals surface area contributed by atoms with Gasteiger partial charge < -0.3 is 10.6 Å². The van der Waals surface area contributed by atoms with Gasteiger partial charge in [-0.1, -0.05) is 0 Å². The van der Waals surface area contributed by atoms with Crippen LogP contribution in [0.5, 0.6) is 0 Å². The molecule has 0 spiro atoms. The van der Waals surface area contributed by atoms with E-state index >= 15 is 0 Å². The third kappa shape index (κ3) is 2.95. The minimum atomic E-state index is -0.0284. The van der Waals surface area contributed by atoms with E-state index in [2.05, 4.69) is 11.8 Å². The molecule has 0 saturated carbocycles. The number of likely N-dealkylation sites (N-methyl/N-ethyl adjacent to an activating group) is 1. The summed E-state index contributed by atoms with van der Waals surface area (Å²) in [7, 11) is 3.63. The Labute approximate surface area is 98.8 Å². The van der Waals surface area contributed by atoms with Crippen LogP contribution in [0.25, 0.3) is 0 Å². The lowest BCUT2D eigenvalue weighted by atomic mass is 9.92. The van der Waals surface area contributed by atoms with Crippen LogP contribution in [0.3, 0.4) is 0 Å². The second kappa shape index (κ2) is 5.64. The van der Waals surface area contributed by atoms with Crippen molar-refractivity contribution < 1.29 is 4.79 Å². The van der Waals surface area contributed by atoms with Crippen LogP contribution in [0.15, 0.2) is 0 Å². The van der Waals surface area contributed by atoms with Crippen molar-refractivity contribution >= 4 is 5.91 Å². The highest BCUT2D eigenvalue weighted by molar-refractivity contribution is 5.81. The fraction of sp³-hybridized carbons (Fsp3) is 0.917. The zero-order valence-corrected chi connectivity index (χ0v) is 10.9. The van der Waals surface area contributed by atoms with Gasteiger partial charge >= 0.3 is 0 Å². The molecule has 0 aliphatic carbocycles. The molecule has 0 aromatic heterocycles. The first-order valence-electron chi connectivity index (χ1n) is 6.14. The largest absolute Gasteiger partial charge is 0.347 e. The highest BCUT2D eigenvalue weighted by atomic mass is 16.2. The Morgan fingerprint density at radius 1 is 1.50 bits per heavy atom. The minimum Gasteiger partial charge on any atom is -0.347 e. The molecule has 1 saturated heterocycles. The van der Waals surface area contributed by atoms with Gasteiger partial charge in [0.2, 0.25) is 5.91 Å². The van der Waals surface area contributed by atoms with Crippen molar-refractivity contribution in [2.75, 3.05) is 27.2 Å². The standard InChI is InChI=1S/C12H25N3O/c1-9-5-6-11(7-13)8-15(9)10(2)12(16)14(3)4/h9-11H,5-8,13H2,1-4H3. The highest BCUT2D eigenvalue weighted by Gasteiger charge is 2.31. The van der Waals surface area contributed by atoms with Crippen LogP contribution in [0, 0.1) is 5.92 Å². The zero-order valence-electron chi connectivity index (χ0n) is 10.9. The summed E-state index contributed by atoms with van der Waals surface area (Å²) < 4.78 is 0. The van der Waals surface area contributed by atoms with E-state index in [1.165, 1.54) is 6.42 Å². The maximum absolute atomic E-state index is 11.9. The number of carbonyl (C=O) groups is 1. The summed E-state index contributed by atoms with van der Waals surface area (Å²) in [6, 6.07) is 0.459. The van der Waals surface area contributed by atoms with Gasteiger partial charge in [-0.15, -0.1) is 0 Å². The SMILES string of the molecule is CC1CCC(CN)CN1C(C)C(=O)N(C)C. The fourth-order valence-corrected chi connectivity index (χ4v) is 2.46. The average Bonchev–Trinajstić information content (AvgIpc) is 2.27. The van der Waals surface area contributed by atoms with Crippen LogP contribution in [-0.2, 0) is 4.79 Å². The number of likely N-dealkylation sites (tertiary alicyclic amines) is 1. The fourth-order valence-electron chi connectivity index (χ4n) is 2.46. The molecule has 4 nitrogen and oxygen atoms in total. The Morgan fingerprint density at radius 3 is 2.62 bits per heavy atom. The Balaban J connectivity index is 2.65. The Kier molecular flexibility index (Phi) is 4.74. The molecule has 16 heavy (non-hydrogen) atoms. The summed E-state index contributed by atoms with van der Waals surface area (Å²) in [4.78, 5) is 15.9. The van der Waals surface area contributed by atoms with E-state index in [4.69, 9.17) is 5.73 Å². The third-order valence-corrected chi connectivity index (χ3v) is 3.66. The monoisotopic (exact) mass is 227 g/mol. The highest BCUT2D eigenvalue weighted by Crippen LogP contribution is 2.23. The van der Waals surface area contributed by atoms with Crippen LogP contribution in [-0.4, -0.2) is 55.0 Å². The molecule has 0 bridgehead atoms. The molecule has 1 aliphatic rings. The van der Waals surface area contributed by atoms with Gasteiger partial charge in [-0.05, 0) is 39.2 Å². The van der Waals surface area contributed by atoms with Gasteiger partial charge in [0.15, 0.2) is 0 Å². The van der Waals surface area contributed by atoms with Crippen LogP contribution >= 0.6 is 0 Å². The number of carbonyl (C=O) groups excluding carboxylic acids is 1. The first-order valence-corrected chi connectivity index (χ1v) is 6.14. The van der Waals surface area contributed by atoms with E-state index in [9.17, 15) is 4.79 Å². The Hall–Kier alpha value is -0.610. The number of rotatable bonds is 3. The van der Waals surface area contributed by atoms with Gasteiger partial charge in [-0.25, -0.2) is 0 Å². The molecule has 3 unspecified atom stereocenters. The number of hydrogen-bond acceptors (Lipinski definition) is 3. The summed E-state index contributed by atoms with van der Waals surface area (Å²) >= 11 is 0. The Morgan fingerprint density at radius 2 is 2.12 bits per heavy atom. The number of nitrogens with two attached hydrogens (primary N) is 1. The molecular formula is C12H25N3O. The van der Waals surface area contributed by atoms with Gasteiger partial charge in [0.1, 0.15) is 0 Å². The van der Waals surface area contributed by atoms with E-state index in [0.29, 0.717) is 12.0 Å². The molecule has 1 rings (SSSR count). The lowest BCUT2D eigenvalue weighted by Crippen LogP contribution is -2.53. The maximum Gasteiger partial charge on any atom is 0.239 e. The first-order chi connectivity index (χ1) is 7.47. The number of piperidine rings is 1. The summed E-state index contributed by atoms with van der Waals surface area (Å²) in [5, 5.41) is 0. The van der Waals surface area contributed by atoms with Gasteiger partial charge in [-0.2, -0.15) is 0 Å². The van der Waals surface area contributed by atoms with E-state index < -0.39 is 0 Å². The molecule has 3 atom stereocenters. The van der Waals surface area contributed by atoms with Crippen molar-refractivity contribution in [3.63, 3.8) is 0 Å². The molecule has 1 aliphatic heterocycles. The van der Waals surface area contributed by atoms with Gasteiger partial charge in [0, 0.05) is 26.7 Å². The zero-order chi connectivity index (χ0) is 12.3. The van der Waals surface area contributed by atoms with Crippen LogP contribution in [0.1, 0.15) is 26.7 Å².